The summed E-state index contributed by atoms with van der Waals surface area (Å²) in [6.45, 7) is 15.2. The Labute approximate surface area is 102 Å². The van der Waals surface area contributed by atoms with E-state index in [-0.39, 0.29) is 0 Å². The molecule has 1 aliphatic rings. The molecule has 0 aromatic rings. The molecule has 1 N–H and O–H groups in total. The molecule has 0 bridgehead atoms. The van der Waals surface area contributed by atoms with Gasteiger partial charge in [0.25, 0.3) is 0 Å². The largest absolute Gasteiger partial charge is 0.310 e. The summed E-state index contributed by atoms with van der Waals surface area (Å²) in [5.41, 5.74) is 0. The Morgan fingerprint density at radius 2 is 1.94 bits per heavy atom. The molecule has 0 spiro atoms. The fourth-order valence-corrected chi connectivity index (χ4v) is 3.01. The van der Waals surface area contributed by atoms with Crippen molar-refractivity contribution < 1.29 is 0 Å². The highest BCUT2D eigenvalue weighted by Gasteiger charge is 2.24. The Bertz CT molecular complexity index is 181. The molecule has 1 saturated heterocycles. The summed E-state index contributed by atoms with van der Waals surface area (Å²) in [4.78, 5) is 2.59. The van der Waals surface area contributed by atoms with Crippen LogP contribution in [0, 0.1) is 11.8 Å². The lowest BCUT2D eigenvalue weighted by Gasteiger charge is -2.36. The smallest absolute Gasteiger partial charge is 0.0200 e. The molecule has 0 aromatic heterocycles. The van der Waals surface area contributed by atoms with E-state index in [1.165, 1.54) is 32.5 Å². The Balaban J connectivity index is 2.38. The molecule has 16 heavy (non-hydrogen) atoms. The monoisotopic (exact) mass is 226 g/mol. The van der Waals surface area contributed by atoms with Gasteiger partial charge in [0.05, 0.1) is 0 Å². The van der Waals surface area contributed by atoms with Gasteiger partial charge in [-0.1, -0.05) is 27.7 Å². The zero-order chi connectivity index (χ0) is 12.1. The number of piperidine rings is 1. The summed E-state index contributed by atoms with van der Waals surface area (Å²) in [5, 5.41) is 3.74. The number of hydrogen-bond acceptors (Lipinski definition) is 2. The van der Waals surface area contributed by atoms with Gasteiger partial charge in [0, 0.05) is 25.2 Å². The van der Waals surface area contributed by atoms with Crippen molar-refractivity contribution in [2.45, 2.75) is 59.5 Å². The first-order valence-electron chi connectivity index (χ1n) is 6.99. The van der Waals surface area contributed by atoms with Gasteiger partial charge in [0.1, 0.15) is 0 Å². The van der Waals surface area contributed by atoms with Crippen molar-refractivity contribution in [3.8, 4) is 0 Å². The van der Waals surface area contributed by atoms with Gasteiger partial charge in [0.2, 0.25) is 0 Å². The topological polar surface area (TPSA) is 15.3 Å². The van der Waals surface area contributed by atoms with Crippen LogP contribution in [0.4, 0.5) is 0 Å². The van der Waals surface area contributed by atoms with Crippen molar-refractivity contribution in [1.82, 2.24) is 10.2 Å². The Morgan fingerprint density at radius 3 is 2.44 bits per heavy atom. The van der Waals surface area contributed by atoms with Crippen molar-refractivity contribution in [3.63, 3.8) is 0 Å². The van der Waals surface area contributed by atoms with Crippen LogP contribution < -0.4 is 5.32 Å². The number of nitrogens with zero attached hydrogens (tertiary/aromatic N) is 1. The zero-order valence-electron chi connectivity index (χ0n) is 11.8. The summed E-state index contributed by atoms with van der Waals surface area (Å²) in [6.07, 6.45) is 2.69. The van der Waals surface area contributed by atoms with E-state index in [1.807, 2.05) is 0 Å². The molecule has 0 saturated carbocycles. The van der Waals surface area contributed by atoms with Crippen LogP contribution in [-0.4, -0.2) is 36.6 Å². The molecule has 1 aliphatic heterocycles. The van der Waals surface area contributed by atoms with Crippen molar-refractivity contribution in [3.05, 3.63) is 0 Å². The fourth-order valence-electron chi connectivity index (χ4n) is 3.01. The summed E-state index contributed by atoms with van der Waals surface area (Å²) in [5.74, 6) is 1.66. The standard InChI is InChI=1S/C14H30N2/c1-6-16(9-11(2)3)10-14-8-12(4)7-13(5)15-14/h11-15H,6-10H2,1-5H3. The first-order chi connectivity index (χ1) is 7.51. The Kier molecular flexibility index (Phi) is 5.77. The lowest BCUT2D eigenvalue weighted by Crippen LogP contribution is -2.49. The van der Waals surface area contributed by atoms with Gasteiger partial charge in [-0.15, -0.1) is 0 Å². The highest BCUT2D eigenvalue weighted by atomic mass is 15.2. The van der Waals surface area contributed by atoms with Gasteiger partial charge in [-0.25, -0.2) is 0 Å². The van der Waals surface area contributed by atoms with Gasteiger partial charge < -0.3 is 10.2 Å². The van der Waals surface area contributed by atoms with E-state index in [9.17, 15) is 0 Å². The molecule has 1 heterocycles. The quantitative estimate of drug-likeness (QED) is 0.775. The second-order valence-electron chi connectivity index (χ2n) is 6.09. The van der Waals surface area contributed by atoms with Gasteiger partial charge in [0.15, 0.2) is 0 Å². The lowest BCUT2D eigenvalue weighted by molar-refractivity contribution is 0.179. The average molecular weight is 226 g/mol. The van der Waals surface area contributed by atoms with E-state index in [4.69, 9.17) is 0 Å². The number of rotatable bonds is 5. The summed E-state index contributed by atoms with van der Waals surface area (Å²) >= 11 is 0. The molecule has 2 heteroatoms. The van der Waals surface area contributed by atoms with Crippen molar-refractivity contribution in [1.29, 1.82) is 0 Å². The molecule has 96 valence electrons. The minimum Gasteiger partial charge on any atom is -0.310 e. The van der Waals surface area contributed by atoms with E-state index in [2.05, 4.69) is 44.8 Å². The Morgan fingerprint density at radius 1 is 1.25 bits per heavy atom. The molecule has 0 amide bonds. The zero-order valence-corrected chi connectivity index (χ0v) is 11.8. The molecular weight excluding hydrogens is 196 g/mol. The normalized spacial score (nSPS) is 31.3. The molecule has 1 fully saturated rings. The van der Waals surface area contributed by atoms with Crippen molar-refractivity contribution in [2.24, 2.45) is 11.8 Å². The number of likely N-dealkylation sites (N-methyl/N-ethyl adjacent to an activating group) is 1. The number of nitrogens with one attached hydrogen (secondary N) is 1. The molecule has 2 nitrogen and oxygen atoms in total. The van der Waals surface area contributed by atoms with E-state index < -0.39 is 0 Å². The van der Waals surface area contributed by atoms with Crippen LogP contribution in [0.25, 0.3) is 0 Å². The molecule has 3 atom stereocenters. The SMILES string of the molecule is CCN(CC(C)C)CC1CC(C)CC(C)N1. The van der Waals surface area contributed by atoms with Gasteiger partial charge in [-0.2, -0.15) is 0 Å². The van der Waals surface area contributed by atoms with E-state index in [0.29, 0.717) is 12.1 Å². The van der Waals surface area contributed by atoms with Gasteiger partial charge in [-0.05, 0) is 38.1 Å². The Hall–Kier alpha value is -0.0800. The second kappa shape index (κ2) is 6.61. The maximum atomic E-state index is 3.74. The average Bonchev–Trinajstić information content (AvgIpc) is 2.14. The molecule has 1 rings (SSSR count). The predicted octanol–water partition coefficient (Wildman–Crippen LogP) is 2.74. The van der Waals surface area contributed by atoms with Crippen LogP contribution in [0.15, 0.2) is 0 Å². The first kappa shape index (κ1) is 14.0. The summed E-state index contributed by atoms with van der Waals surface area (Å²) < 4.78 is 0. The third kappa shape index (κ3) is 4.84. The predicted molar refractivity (Wildman–Crippen MR) is 71.7 cm³/mol. The third-order valence-electron chi connectivity index (χ3n) is 3.51. The highest BCUT2D eigenvalue weighted by Crippen LogP contribution is 2.20. The third-order valence-corrected chi connectivity index (χ3v) is 3.51. The molecular formula is C14H30N2. The molecule has 3 unspecified atom stereocenters. The van der Waals surface area contributed by atoms with E-state index in [1.54, 1.807) is 0 Å². The molecule has 0 aromatic carbocycles. The second-order valence-corrected chi connectivity index (χ2v) is 6.09. The summed E-state index contributed by atoms with van der Waals surface area (Å²) in [6, 6.07) is 1.41. The van der Waals surface area contributed by atoms with Crippen LogP contribution >= 0.6 is 0 Å². The summed E-state index contributed by atoms with van der Waals surface area (Å²) in [7, 11) is 0. The minimum atomic E-state index is 0.700. The van der Waals surface area contributed by atoms with E-state index in [0.717, 1.165) is 11.8 Å². The molecule has 0 radical (unpaired) electrons. The van der Waals surface area contributed by atoms with Crippen LogP contribution in [0.5, 0.6) is 0 Å². The van der Waals surface area contributed by atoms with Gasteiger partial charge in [-0.3, -0.25) is 0 Å². The molecule has 0 aliphatic carbocycles. The minimum absolute atomic E-state index is 0.700. The van der Waals surface area contributed by atoms with Crippen molar-refractivity contribution in [2.75, 3.05) is 19.6 Å². The fraction of sp³-hybridized carbons (Fsp3) is 1.00. The number of hydrogen-bond donors (Lipinski definition) is 1. The van der Waals surface area contributed by atoms with Crippen molar-refractivity contribution >= 4 is 0 Å². The van der Waals surface area contributed by atoms with E-state index >= 15 is 0 Å². The first-order valence-corrected chi connectivity index (χ1v) is 6.99. The maximum absolute atomic E-state index is 3.74. The van der Waals surface area contributed by atoms with Crippen LogP contribution in [0.1, 0.15) is 47.5 Å². The van der Waals surface area contributed by atoms with Crippen LogP contribution in [-0.2, 0) is 0 Å². The van der Waals surface area contributed by atoms with Crippen LogP contribution in [0.3, 0.4) is 0 Å². The lowest BCUT2D eigenvalue weighted by atomic mass is 9.89. The highest BCUT2D eigenvalue weighted by molar-refractivity contribution is 4.83. The van der Waals surface area contributed by atoms with Gasteiger partial charge >= 0.3 is 0 Å². The maximum Gasteiger partial charge on any atom is 0.0200 e. The van der Waals surface area contributed by atoms with Crippen LogP contribution in [0.2, 0.25) is 0 Å².